The molecule has 0 spiro atoms. The smallest absolute Gasteiger partial charge is 0.349 e. The predicted molar refractivity (Wildman–Crippen MR) is 191 cm³/mol. The zero-order valence-electron chi connectivity index (χ0n) is 30.4. The van der Waals surface area contributed by atoms with E-state index >= 15 is 0 Å². The summed E-state index contributed by atoms with van der Waals surface area (Å²) in [5.74, 6) is 0. The van der Waals surface area contributed by atoms with Crippen LogP contribution in [0, 0.1) is 6.92 Å². The van der Waals surface area contributed by atoms with Crippen LogP contribution in [0.1, 0.15) is 148 Å². The zero-order chi connectivity index (χ0) is 37.8. The average Bonchev–Trinajstić information content (AvgIpc) is 3.42. The van der Waals surface area contributed by atoms with Crippen LogP contribution in [-0.4, -0.2) is 51.4 Å². The monoisotopic (exact) mass is 792 g/mol. The molecule has 0 saturated carbocycles. The van der Waals surface area contributed by atoms with Crippen molar-refractivity contribution in [1.82, 2.24) is 9.55 Å². The van der Waals surface area contributed by atoms with Crippen molar-refractivity contribution in [3.8, 4) is 0 Å². The van der Waals surface area contributed by atoms with Gasteiger partial charge in [-0.1, -0.05) is 117 Å². The Hall–Kier alpha value is -1.02. The van der Waals surface area contributed by atoms with Gasteiger partial charge in [-0.3, -0.25) is 27.9 Å². The van der Waals surface area contributed by atoms with Crippen LogP contribution in [0.15, 0.2) is 15.8 Å². The molecule has 2 heterocycles. The first-order chi connectivity index (χ1) is 24.2. The third-order valence-electron chi connectivity index (χ3n) is 8.42. The molecule has 15 nitrogen and oxygen atoms in total. The lowest BCUT2D eigenvalue weighted by atomic mass is 10.0. The van der Waals surface area contributed by atoms with Gasteiger partial charge in [-0.05, 0) is 19.8 Å². The molecule has 0 aliphatic carbocycles. The SMILES string of the molecule is CCCCCCCCCCCCCCCCCCOP(=O)(OCCCC)OP(=O)(O)OP(=O)(O)OC[C@H]1O[C@@H](n2cc(C)c(=O)[nH]c2=O)CC1F. The lowest BCUT2D eigenvalue weighted by molar-refractivity contribution is -0.0350. The molecule has 3 N–H and O–H groups in total. The Balaban J connectivity index is 1.73. The van der Waals surface area contributed by atoms with Gasteiger partial charge in [0.05, 0.1) is 19.8 Å². The highest BCUT2D eigenvalue weighted by molar-refractivity contribution is 7.67. The molecule has 0 radical (unpaired) electrons. The number of aryl methyl sites for hydroxylation is 1. The van der Waals surface area contributed by atoms with Crippen molar-refractivity contribution < 1.29 is 54.8 Å². The van der Waals surface area contributed by atoms with Crippen LogP contribution in [-0.2, 0) is 40.6 Å². The first kappa shape index (κ1) is 46.1. The van der Waals surface area contributed by atoms with Crippen molar-refractivity contribution in [1.29, 1.82) is 0 Å². The molecule has 51 heavy (non-hydrogen) atoms. The fourth-order valence-corrected chi connectivity index (χ4v) is 9.63. The Morgan fingerprint density at radius 2 is 1.25 bits per heavy atom. The van der Waals surface area contributed by atoms with E-state index in [1.807, 2.05) is 6.92 Å². The molecule has 0 aromatic carbocycles. The molecule has 4 unspecified atom stereocenters. The number of halogens is 1. The molecule has 2 rings (SSSR count). The highest BCUT2D eigenvalue weighted by atomic mass is 31.3. The number of aromatic nitrogens is 2. The molecule has 1 aliphatic heterocycles. The fraction of sp³-hybridized carbons (Fsp3) is 0.875. The molecule has 19 heteroatoms. The highest BCUT2D eigenvalue weighted by Gasteiger charge is 2.45. The van der Waals surface area contributed by atoms with Crippen LogP contribution in [0.4, 0.5) is 4.39 Å². The molecule has 6 atom stereocenters. The molecule has 0 amide bonds. The number of rotatable bonds is 30. The average molecular weight is 793 g/mol. The number of aromatic amines is 1. The summed E-state index contributed by atoms with van der Waals surface area (Å²) in [6.07, 6.45) is 16.1. The Morgan fingerprint density at radius 1 is 0.765 bits per heavy atom. The van der Waals surface area contributed by atoms with E-state index in [9.17, 15) is 37.5 Å². The van der Waals surface area contributed by atoms with Crippen LogP contribution < -0.4 is 11.2 Å². The summed E-state index contributed by atoms with van der Waals surface area (Å²) in [4.78, 5) is 46.1. The van der Waals surface area contributed by atoms with Crippen molar-refractivity contribution in [2.75, 3.05) is 19.8 Å². The maximum absolute atomic E-state index is 14.7. The van der Waals surface area contributed by atoms with Crippen molar-refractivity contribution in [3.63, 3.8) is 0 Å². The van der Waals surface area contributed by atoms with Crippen LogP contribution in [0.5, 0.6) is 0 Å². The molecule has 1 aromatic rings. The van der Waals surface area contributed by atoms with Crippen molar-refractivity contribution >= 4 is 23.5 Å². The van der Waals surface area contributed by atoms with E-state index in [4.69, 9.17) is 13.8 Å². The minimum atomic E-state index is -5.60. The maximum Gasteiger partial charge on any atom is 0.490 e. The fourth-order valence-electron chi connectivity index (χ4n) is 5.50. The van der Waals surface area contributed by atoms with E-state index in [1.165, 1.54) is 83.7 Å². The number of phosphoric acid groups is 3. The van der Waals surface area contributed by atoms with Crippen LogP contribution in [0.3, 0.4) is 0 Å². The zero-order valence-corrected chi connectivity index (χ0v) is 33.1. The largest absolute Gasteiger partial charge is 0.490 e. The first-order valence-electron chi connectivity index (χ1n) is 18.4. The molecule has 1 aliphatic rings. The van der Waals surface area contributed by atoms with Crippen LogP contribution in [0.2, 0.25) is 0 Å². The number of ether oxygens (including phenoxy) is 1. The minimum absolute atomic E-state index is 0.120. The van der Waals surface area contributed by atoms with Gasteiger partial charge in [-0.2, -0.15) is 8.62 Å². The van der Waals surface area contributed by atoms with Gasteiger partial charge in [0.25, 0.3) is 5.56 Å². The second-order valence-corrected chi connectivity index (χ2v) is 17.9. The van der Waals surface area contributed by atoms with Crippen LogP contribution >= 0.6 is 23.5 Å². The number of H-pyrrole nitrogens is 1. The molecule has 1 saturated heterocycles. The summed E-state index contributed by atoms with van der Waals surface area (Å²) in [5, 5.41) is 0. The van der Waals surface area contributed by atoms with E-state index in [1.54, 1.807) is 0 Å². The molecule has 1 fully saturated rings. The number of alkyl halides is 1. The Bertz CT molecular complexity index is 1390. The molecule has 1 aromatic heterocycles. The highest BCUT2D eigenvalue weighted by Crippen LogP contribution is 2.69. The van der Waals surface area contributed by atoms with E-state index in [2.05, 4.69) is 25.1 Å². The van der Waals surface area contributed by atoms with Gasteiger partial charge >= 0.3 is 29.2 Å². The minimum Gasteiger partial charge on any atom is -0.349 e. The summed E-state index contributed by atoms with van der Waals surface area (Å²) in [6, 6.07) is 0. The molecular weight excluding hydrogens is 732 g/mol. The topological polar surface area (TPSA) is 202 Å². The first-order valence-corrected chi connectivity index (χ1v) is 22.9. The number of nitrogens with one attached hydrogen (secondary N) is 1. The van der Waals surface area contributed by atoms with Gasteiger partial charge in [0.2, 0.25) is 0 Å². The van der Waals surface area contributed by atoms with Gasteiger partial charge in [-0.25, -0.2) is 22.9 Å². The summed E-state index contributed by atoms with van der Waals surface area (Å²) in [7, 11) is -15.7. The van der Waals surface area contributed by atoms with Gasteiger partial charge in [0.15, 0.2) is 0 Å². The van der Waals surface area contributed by atoms with Crippen molar-refractivity contribution in [2.45, 2.75) is 161 Å². The second kappa shape index (κ2) is 24.4. The van der Waals surface area contributed by atoms with Gasteiger partial charge in [0, 0.05) is 18.2 Å². The quantitative estimate of drug-likeness (QED) is 0.0493. The lowest BCUT2D eigenvalue weighted by Gasteiger charge is -2.22. The van der Waals surface area contributed by atoms with E-state index in [0.29, 0.717) is 19.3 Å². The normalized spacial score (nSPS) is 21.3. The predicted octanol–water partition coefficient (Wildman–Crippen LogP) is 8.92. The Kier molecular flexibility index (Phi) is 22.1. The standard InChI is InChI=1S/C32H60FN2O13P3/c1-4-6-8-9-10-11-12-13-14-15-16-17-18-19-20-21-23-44-51(42,43-22-7-5-2)48-50(40,41)47-49(38,39)45-26-29-28(33)24-30(46-29)35-25-27(3)31(36)34-32(35)37/h25,28-30H,4-24,26H2,1-3H3,(H,38,39)(H,40,41)(H,34,36,37)/t28?,29-,30-,51?/m1/s1. The van der Waals surface area contributed by atoms with Crippen molar-refractivity contribution in [2.24, 2.45) is 0 Å². The Labute approximate surface area is 301 Å². The summed E-state index contributed by atoms with van der Waals surface area (Å²) >= 11 is 0. The Morgan fingerprint density at radius 3 is 1.78 bits per heavy atom. The molecule has 0 bridgehead atoms. The van der Waals surface area contributed by atoms with E-state index in [0.717, 1.165) is 30.3 Å². The molecule has 298 valence electrons. The maximum atomic E-state index is 14.7. The van der Waals surface area contributed by atoms with Gasteiger partial charge in [0.1, 0.15) is 18.5 Å². The van der Waals surface area contributed by atoms with E-state index < -0.39 is 59.8 Å². The van der Waals surface area contributed by atoms with E-state index in [-0.39, 0.29) is 25.2 Å². The second-order valence-electron chi connectivity index (χ2n) is 13.0. The number of nitrogens with zero attached hydrogens (tertiary/aromatic N) is 1. The number of unbranched alkanes of at least 4 members (excludes halogenated alkanes) is 16. The summed E-state index contributed by atoms with van der Waals surface area (Å²) in [6.45, 7) is 4.32. The number of hydrogen-bond donors (Lipinski definition) is 3. The van der Waals surface area contributed by atoms with Gasteiger partial charge in [-0.15, -0.1) is 0 Å². The van der Waals surface area contributed by atoms with Crippen molar-refractivity contribution in [3.05, 3.63) is 32.6 Å². The number of phosphoric ester groups is 2. The number of hydrogen-bond acceptors (Lipinski definition) is 11. The lowest BCUT2D eigenvalue weighted by Crippen LogP contribution is -2.33. The van der Waals surface area contributed by atoms with Gasteiger partial charge < -0.3 is 14.5 Å². The third-order valence-corrected chi connectivity index (χ3v) is 13.2. The third kappa shape index (κ3) is 19.2. The summed E-state index contributed by atoms with van der Waals surface area (Å²) < 4.78 is 83.4. The summed E-state index contributed by atoms with van der Waals surface area (Å²) in [5.41, 5.74) is -1.29. The van der Waals surface area contributed by atoms with Crippen LogP contribution in [0.25, 0.3) is 0 Å². The molecular formula is C32H60FN2O13P3.